The molecule has 1 saturated carbocycles. The molecule has 100 valence electrons. The fraction of sp³-hybridized carbons (Fsp3) is 0.900. The molecule has 0 aromatic carbocycles. The third-order valence-electron chi connectivity index (χ3n) is 3.36. The van der Waals surface area contributed by atoms with Gasteiger partial charge in [0.25, 0.3) is 0 Å². The quantitative estimate of drug-likeness (QED) is 0.802. The van der Waals surface area contributed by atoms with Crippen molar-refractivity contribution < 1.29 is 18.0 Å². The Balaban J connectivity index is 0.00000144. The number of rotatable bonds is 2. The van der Waals surface area contributed by atoms with Gasteiger partial charge in [0.1, 0.15) is 5.41 Å². The van der Waals surface area contributed by atoms with Gasteiger partial charge in [-0.05, 0) is 32.2 Å². The van der Waals surface area contributed by atoms with Gasteiger partial charge < -0.3 is 10.6 Å². The maximum absolute atomic E-state index is 12.6. The van der Waals surface area contributed by atoms with Crippen molar-refractivity contribution in [1.82, 2.24) is 10.6 Å². The number of alkyl halides is 3. The van der Waals surface area contributed by atoms with Gasteiger partial charge >= 0.3 is 6.18 Å². The van der Waals surface area contributed by atoms with E-state index in [9.17, 15) is 18.0 Å². The molecule has 2 N–H and O–H groups in total. The normalized spacial score (nSPS) is 26.9. The van der Waals surface area contributed by atoms with Crippen molar-refractivity contribution in [3.05, 3.63) is 0 Å². The van der Waals surface area contributed by atoms with Crippen molar-refractivity contribution in [1.29, 1.82) is 0 Å². The standard InChI is InChI=1S/C10H15F3N2O.ClH/c11-10(12,13)9(3-4-9)8(16)15-7-2-1-5-14-6-7;/h7,14H,1-6H2,(H,15,16);1H. The van der Waals surface area contributed by atoms with Crippen LogP contribution in [0.2, 0.25) is 0 Å². The fourth-order valence-electron chi connectivity index (χ4n) is 2.06. The Kier molecular flexibility index (Phi) is 4.30. The highest BCUT2D eigenvalue weighted by atomic mass is 35.5. The second-order valence-corrected chi connectivity index (χ2v) is 4.60. The number of carbonyl (C=O) groups is 1. The molecule has 17 heavy (non-hydrogen) atoms. The van der Waals surface area contributed by atoms with Gasteiger partial charge in [-0.3, -0.25) is 4.79 Å². The lowest BCUT2D eigenvalue weighted by molar-refractivity contribution is -0.192. The molecule has 1 aliphatic heterocycles. The van der Waals surface area contributed by atoms with E-state index in [4.69, 9.17) is 0 Å². The van der Waals surface area contributed by atoms with Crippen molar-refractivity contribution >= 4 is 18.3 Å². The number of hydrogen-bond acceptors (Lipinski definition) is 2. The predicted octanol–water partition coefficient (Wildman–Crippen LogP) is 1.62. The van der Waals surface area contributed by atoms with Crippen LogP contribution in [-0.2, 0) is 4.79 Å². The minimum Gasteiger partial charge on any atom is -0.351 e. The summed E-state index contributed by atoms with van der Waals surface area (Å²) in [7, 11) is 0. The number of carbonyl (C=O) groups excluding carboxylic acids is 1. The molecule has 0 radical (unpaired) electrons. The summed E-state index contributed by atoms with van der Waals surface area (Å²) in [5, 5.41) is 5.56. The molecular weight excluding hydrogens is 257 g/mol. The van der Waals surface area contributed by atoms with Gasteiger partial charge in [-0.15, -0.1) is 12.4 Å². The SMILES string of the molecule is Cl.O=C(NC1CCCNC1)C1(C(F)(F)F)CC1. The van der Waals surface area contributed by atoms with Crippen LogP contribution in [0.4, 0.5) is 13.2 Å². The molecule has 2 rings (SSSR count). The summed E-state index contributed by atoms with van der Waals surface area (Å²) < 4.78 is 37.9. The molecule has 0 aromatic rings. The average molecular weight is 273 g/mol. The summed E-state index contributed by atoms with van der Waals surface area (Å²) >= 11 is 0. The second-order valence-electron chi connectivity index (χ2n) is 4.60. The second kappa shape index (κ2) is 5.02. The van der Waals surface area contributed by atoms with Crippen LogP contribution in [0, 0.1) is 5.41 Å². The van der Waals surface area contributed by atoms with Crippen molar-refractivity contribution in [2.75, 3.05) is 13.1 Å². The highest BCUT2D eigenvalue weighted by molar-refractivity contribution is 5.86. The maximum Gasteiger partial charge on any atom is 0.403 e. The lowest BCUT2D eigenvalue weighted by Crippen LogP contribution is -2.50. The van der Waals surface area contributed by atoms with E-state index in [0.29, 0.717) is 6.54 Å². The Bertz CT molecular complexity index is 286. The summed E-state index contributed by atoms with van der Waals surface area (Å²) in [6.45, 7) is 1.44. The molecule has 1 aliphatic carbocycles. The Morgan fingerprint density at radius 1 is 1.35 bits per heavy atom. The van der Waals surface area contributed by atoms with Crippen LogP contribution >= 0.6 is 12.4 Å². The Labute approximate surface area is 104 Å². The summed E-state index contributed by atoms with van der Waals surface area (Å²) in [6.07, 6.45) is -2.89. The zero-order valence-electron chi connectivity index (χ0n) is 9.27. The van der Waals surface area contributed by atoms with Gasteiger partial charge in [0, 0.05) is 12.6 Å². The van der Waals surface area contributed by atoms with Crippen LogP contribution in [-0.4, -0.2) is 31.2 Å². The highest BCUT2D eigenvalue weighted by Crippen LogP contribution is 2.57. The van der Waals surface area contributed by atoms with Crippen molar-refractivity contribution in [2.24, 2.45) is 5.41 Å². The van der Waals surface area contributed by atoms with E-state index in [1.807, 2.05) is 0 Å². The summed E-state index contributed by atoms with van der Waals surface area (Å²) in [4.78, 5) is 11.6. The van der Waals surface area contributed by atoms with Crippen molar-refractivity contribution in [2.45, 2.75) is 37.9 Å². The third kappa shape index (κ3) is 2.85. The summed E-state index contributed by atoms with van der Waals surface area (Å²) in [5.41, 5.74) is -2.08. The van der Waals surface area contributed by atoms with Crippen LogP contribution < -0.4 is 10.6 Å². The first-order chi connectivity index (χ1) is 7.46. The molecule has 1 atom stereocenters. The molecule has 2 aliphatic rings. The van der Waals surface area contributed by atoms with Crippen molar-refractivity contribution in [3.8, 4) is 0 Å². The summed E-state index contributed by atoms with van der Waals surface area (Å²) in [5.74, 6) is -0.839. The molecular formula is C10H16ClF3N2O. The van der Waals surface area contributed by atoms with Gasteiger partial charge in [-0.1, -0.05) is 0 Å². The first-order valence-electron chi connectivity index (χ1n) is 5.54. The fourth-order valence-corrected chi connectivity index (χ4v) is 2.06. The van der Waals surface area contributed by atoms with Crippen LogP contribution in [0.3, 0.4) is 0 Å². The van der Waals surface area contributed by atoms with Crippen molar-refractivity contribution in [3.63, 3.8) is 0 Å². The molecule has 0 aromatic heterocycles. The van der Waals surface area contributed by atoms with Crippen LogP contribution in [0.1, 0.15) is 25.7 Å². The number of halogens is 4. The average Bonchev–Trinajstić information content (AvgIpc) is 2.98. The van der Waals surface area contributed by atoms with Gasteiger partial charge in [0.2, 0.25) is 5.91 Å². The van der Waals surface area contributed by atoms with Crippen LogP contribution in [0.25, 0.3) is 0 Å². The molecule has 0 spiro atoms. The molecule has 1 amide bonds. The van der Waals surface area contributed by atoms with Crippen LogP contribution in [0.5, 0.6) is 0 Å². The number of hydrogen-bond donors (Lipinski definition) is 2. The van der Waals surface area contributed by atoms with E-state index >= 15 is 0 Å². The Morgan fingerprint density at radius 3 is 2.41 bits per heavy atom. The lowest BCUT2D eigenvalue weighted by atomic mass is 10.0. The van der Waals surface area contributed by atoms with E-state index in [-0.39, 0.29) is 31.3 Å². The summed E-state index contributed by atoms with van der Waals surface area (Å²) in [6, 6.07) is -0.152. The van der Waals surface area contributed by atoms with Gasteiger partial charge in [0.05, 0.1) is 0 Å². The molecule has 1 unspecified atom stereocenters. The zero-order valence-corrected chi connectivity index (χ0v) is 10.1. The van der Waals surface area contributed by atoms with Gasteiger partial charge in [0.15, 0.2) is 0 Å². The smallest absolute Gasteiger partial charge is 0.351 e. The lowest BCUT2D eigenvalue weighted by Gasteiger charge is -2.27. The van der Waals surface area contributed by atoms with Gasteiger partial charge in [-0.25, -0.2) is 0 Å². The highest BCUT2D eigenvalue weighted by Gasteiger charge is 2.68. The maximum atomic E-state index is 12.6. The van der Waals surface area contributed by atoms with E-state index in [1.54, 1.807) is 0 Å². The minimum absolute atomic E-state index is 0. The number of amides is 1. The zero-order chi connectivity index (χ0) is 11.8. The van der Waals surface area contributed by atoms with E-state index < -0.39 is 17.5 Å². The first-order valence-corrected chi connectivity index (χ1v) is 5.54. The van der Waals surface area contributed by atoms with E-state index in [2.05, 4.69) is 10.6 Å². The molecule has 1 saturated heterocycles. The first kappa shape index (κ1) is 14.6. The molecule has 3 nitrogen and oxygen atoms in total. The Morgan fingerprint density at radius 2 is 2.00 bits per heavy atom. The van der Waals surface area contributed by atoms with Gasteiger partial charge in [-0.2, -0.15) is 13.2 Å². The predicted molar refractivity (Wildman–Crippen MR) is 59.0 cm³/mol. The minimum atomic E-state index is -4.40. The number of nitrogens with one attached hydrogen (secondary N) is 2. The molecule has 7 heteroatoms. The van der Waals surface area contributed by atoms with E-state index in [0.717, 1.165) is 19.4 Å². The third-order valence-corrected chi connectivity index (χ3v) is 3.36. The monoisotopic (exact) mass is 272 g/mol. The largest absolute Gasteiger partial charge is 0.403 e. The topological polar surface area (TPSA) is 41.1 Å². The number of piperidine rings is 1. The molecule has 1 heterocycles. The molecule has 2 fully saturated rings. The Hall–Kier alpha value is -0.490. The van der Waals surface area contributed by atoms with Crippen LogP contribution in [0.15, 0.2) is 0 Å². The molecule has 0 bridgehead atoms. The van der Waals surface area contributed by atoms with E-state index in [1.165, 1.54) is 0 Å².